The third-order valence-electron chi connectivity index (χ3n) is 5.04. The molecule has 0 bridgehead atoms. The van der Waals surface area contributed by atoms with E-state index in [9.17, 15) is 15.0 Å². The first-order valence-electron chi connectivity index (χ1n) is 10.6. The summed E-state index contributed by atoms with van der Waals surface area (Å²) in [5, 5.41) is 23.6. The van der Waals surface area contributed by atoms with Crippen LogP contribution in [0.1, 0.15) is 41.4 Å². The number of hydrogen-bond acceptors (Lipinski definition) is 4. The van der Waals surface area contributed by atoms with Gasteiger partial charge in [-0.1, -0.05) is 54.1 Å². The third kappa shape index (κ3) is 6.57. The van der Waals surface area contributed by atoms with Crippen molar-refractivity contribution >= 4 is 17.6 Å². The van der Waals surface area contributed by atoms with Crippen LogP contribution in [0.2, 0.25) is 5.02 Å². The number of carboxylic acid groups (broad SMARTS) is 1. The Hall–Kier alpha value is -2.86. The van der Waals surface area contributed by atoms with Crippen molar-refractivity contribution in [2.24, 2.45) is 0 Å². The van der Waals surface area contributed by atoms with E-state index in [4.69, 9.17) is 16.3 Å². The van der Waals surface area contributed by atoms with Crippen molar-refractivity contribution in [1.29, 1.82) is 0 Å². The summed E-state index contributed by atoms with van der Waals surface area (Å²) in [5.41, 5.74) is 4.06. The Morgan fingerprint density at radius 3 is 2.28 bits per heavy atom. The predicted octanol–water partition coefficient (Wildman–Crippen LogP) is 5.36. The fourth-order valence-electron chi connectivity index (χ4n) is 3.37. The maximum atomic E-state index is 11.5. The van der Waals surface area contributed by atoms with Crippen molar-refractivity contribution in [3.05, 3.63) is 88.4 Å². The lowest BCUT2D eigenvalue weighted by Crippen LogP contribution is -2.23. The van der Waals surface area contributed by atoms with E-state index >= 15 is 0 Å². The molecule has 0 aliphatic rings. The molecule has 0 radical (unpaired) electrons. The zero-order valence-corrected chi connectivity index (χ0v) is 19.0. The van der Waals surface area contributed by atoms with Crippen LogP contribution >= 0.6 is 11.6 Å². The number of aliphatic hydroxyl groups is 1. The topological polar surface area (TPSA) is 78.8 Å². The van der Waals surface area contributed by atoms with Gasteiger partial charge in [-0.3, -0.25) is 0 Å². The Labute approximate surface area is 193 Å². The van der Waals surface area contributed by atoms with Gasteiger partial charge >= 0.3 is 5.97 Å². The smallest absolute Gasteiger partial charge is 0.339 e. The lowest BCUT2D eigenvalue weighted by Gasteiger charge is -2.14. The van der Waals surface area contributed by atoms with E-state index < -0.39 is 12.1 Å². The first-order valence-corrected chi connectivity index (χ1v) is 11.0. The molecule has 1 atom stereocenters. The quantitative estimate of drug-likeness (QED) is 0.360. The van der Waals surface area contributed by atoms with E-state index in [-0.39, 0.29) is 11.7 Å². The van der Waals surface area contributed by atoms with Crippen LogP contribution in [0.3, 0.4) is 0 Å². The monoisotopic (exact) mass is 453 g/mol. The van der Waals surface area contributed by atoms with Gasteiger partial charge in [0.2, 0.25) is 0 Å². The summed E-state index contributed by atoms with van der Waals surface area (Å²) in [7, 11) is 0. The van der Waals surface area contributed by atoms with Crippen LogP contribution in [0, 0.1) is 0 Å². The van der Waals surface area contributed by atoms with Gasteiger partial charge in [0, 0.05) is 11.6 Å². The van der Waals surface area contributed by atoms with Crippen LogP contribution in [0.15, 0.2) is 66.7 Å². The average Bonchev–Trinajstić information content (AvgIpc) is 2.77. The summed E-state index contributed by atoms with van der Waals surface area (Å²) >= 11 is 5.88. The molecule has 6 heteroatoms. The minimum atomic E-state index is -1.00. The molecular formula is C26H28ClNO4. The maximum Gasteiger partial charge on any atom is 0.339 e. The molecule has 3 aromatic rings. The molecule has 0 spiro atoms. The van der Waals surface area contributed by atoms with E-state index in [2.05, 4.69) is 17.4 Å². The molecule has 0 aliphatic heterocycles. The van der Waals surface area contributed by atoms with Gasteiger partial charge in [0.15, 0.2) is 0 Å². The molecule has 3 aromatic carbocycles. The van der Waals surface area contributed by atoms with Crippen LogP contribution in [-0.4, -0.2) is 35.4 Å². The highest BCUT2D eigenvalue weighted by Crippen LogP contribution is 2.28. The molecule has 0 aliphatic carbocycles. The van der Waals surface area contributed by atoms with Gasteiger partial charge in [0.1, 0.15) is 11.3 Å². The normalized spacial score (nSPS) is 12.0. The van der Waals surface area contributed by atoms with Gasteiger partial charge in [-0.2, -0.15) is 0 Å². The van der Waals surface area contributed by atoms with Crippen LogP contribution in [-0.2, 0) is 6.42 Å². The number of benzene rings is 3. The number of hydrogen-bond donors (Lipinski definition) is 3. The summed E-state index contributed by atoms with van der Waals surface area (Å²) in [4.78, 5) is 11.5. The SMILES string of the molecule is CC(C)Oc1cc(-c2ccc(CCNC[C@H](O)c3ccc(Cl)cc3)cc2)ccc1C(=O)O. The molecule has 0 amide bonds. The Kier molecular flexibility index (Phi) is 8.28. The highest BCUT2D eigenvalue weighted by atomic mass is 35.5. The van der Waals surface area contributed by atoms with Gasteiger partial charge in [-0.05, 0) is 73.3 Å². The second-order valence-electron chi connectivity index (χ2n) is 7.90. The Balaban J connectivity index is 1.56. The standard InChI is InChI=1S/C26H28ClNO4/c1-17(2)32-25-15-21(9-12-23(25)26(30)31)19-5-3-18(4-6-19)13-14-28-16-24(29)20-7-10-22(27)11-8-20/h3-12,15,17,24,28-29H,13-14,16H2,1-2H3,(H,30,31)/t24-/m0/s1. The summed E-state index contributed by atoms with van der Waals surface area (Å²) in [6.07, 6.45) is 0.134. The van der Waals surface area contributed by atoms with Crippen molar-refractivity contribution < 1.29 is 19.7 Å². The minimum absolute atomic E-state index is 0.114. The van der Waals surface area contributed by atoms with Gasteiger partial charge in [-0.15, -0.1) is 0 Å². The molecular weight excluding hydrogens is 426 g/mol. The van der Waals surface area contributed by atoms with Gasteiger partial charge < -0.3 is 20.3 Å². The van der Waals surface area contributed by atoms with Crippen molar-refractivity contribution in [3.8, 4) is 16.9 Å². The molecule has 0 saturated carbocycles. The van der Waals surface area contributed by atoms with E-state index in [0.717, 1.165) is 29.7 Å². The number of rotatable bonds is 10. The largest absolute Gasteiger partial charge is 0.490 e. The van der Waals surface area contributed by atoms with Crippen molar-refractivity contribution in [1.82, 2.24) is 5.32 Å². The molecule has 3 rings (SSSR count). The lowest BCUT2D eigenvalue weighted by molar-refractivity contribution is 0.0690. The van der Waals surface area contributed by atoms with Crippen molar-refractivity contribution in [2.75, 3.05) is 13.1 Å². The second-order valence-corrected chi connectivity index (χ2v) is 8.34. The Morgan fingerprint density at radius 1 is 1.00 bits per heavy atom. The van der Waals surface area contributed by atoms with E-state index in [0.29, 0.717) is 17.3 Å². The predicted molar refractivity (Wildman–Crippen MR) is 128 cm³/mol. The lowest BCUT2D eigenvalue weighted by atomic mass is 10.0. The van der Waals surface area contributed by atoms with Crippen LogP contribution in [0.25, 0.3) is 11.1 Å². The van der Waals surface area contributed by atoms with Gasteiger partial charge in [-0.25, -0.2) is 4.79 Å². The number of aromatic carboxylic acids is 1. The molecule has 0 saturated heterocycles. The molecule has 32 heavy (non-hydrogen) atoms. The van der Waals surface area contributed by atoms with Crippen molar-refractivity contribution in [2.45, 2.75) is 32.5 Å². The highest BCUT2D eigenvalue weighted by Gasteiger charge is 2.14. The van der Waals surface area contributed by atoms with E-state index in [1.165, 1.54) is 5.56 Å². The molecule has 0 heterocycles. The fraction of sp³-hybridized carbons (Fsp3) is 0.269. The number of carboxylic acids is 1. The van der Waals surface area contributed by atoms with Crippen LogP contribution in [0.5, 0.6) is 5.75 Å². The first kappa shape index (κ1) is 23.8. The Bertz CT molecular complexity index is 1030. The minimum Gasteiger partial charge on any atom is -0.490 e. The van der Waals surface area contributed by atoms with Crippen LogP contribution < -0.4 is 10.1 Å². The van der Waals surface area contributed by atoms with E-state index in [1.54, 1.807) is 30.3 Å². The van der Waals surface area contributed by atoms with Gasteiger partial charge in [0.05, 0.1) is 12.2 Å². The molecule has 5 nitrogen and oxygen atoms in total. The number of nitrogens with one attached hydrogen (secondary N) is 1. The summed E-state index contributed by atoms with van der Waals surface area (Å²) in [6, 6.07) is 20.5. The number of ether oxygens (including phenoxy) is 1. The number of halogens is 1. The summed E-state index contributed by atoms with van der Waals surface area (Å²) < 4.78 is 5.70. The second kappa shape index (κ2) is 11.1. The van der Waals surface area contributed by atoms with Crippen molar-refractivity contribution in [3.63, 3.8) is 0 Å². The van der Waals surface area contributed by atoms with Gasteiger partial charge in [0.25, 0.3) is 0 Å². The van der Waals surface area contributed by atoms with E-state index in [1.807, 2.05) is 38.1 Å². The zero-order valence-electron chi connectivity index (χ0n) is 18.2. The summed E-state index contributed by atoms with van der Waals surface area (Å²) in [6.45, 7) is 4.95. The first-order chi connectivity index (χ1) is 15.3. The average molecular weight is 454 g/mol. The number of carbonyl (C=O) groups is 1. The fourth-order valence-corrected chi connectivity index (χ4v) is 3.49. The number of aliphatic hydroxyl groups excluding tert-OH is 1. The summed E-state index contributed by atoms with van der Waals surface area (Å²) in [5.74, 6) is -0.631. The Morgan fingerprint density at radius 2 is 1.66 bits per heavy atom. The molecule has 0 aromatic heterocycles. The molecule has 168 valence electrons. The third-order valence-corrected chi connectivity index (χ3v) is 5.30. The highest BCUT2D eigenvalue weighted by molar-refractivity contribution is 6.30. The maximum absolute atomic E-state index is 11.5. The van der Waals surface area contributed by atoms with Crippen LogP contribution in [0.4, 0.5) is 0 Å². The zero-order chi connectivity index (χ0) is 23.1. The molecule has 0 fully saturated rings. The molecule has 3 N–H and O–H groups in total. The molecule has 0 unspecified atom stereocenters.